The first kappa shape index (κ1) is 14.4. The van der Waals surface area contributed by atoms with E-state index in [1.807, 2.05) is 13.8 Å². The van der Waals surface area contributed by atoms with E-state index in [1.54, 1.807) is 0 Å². The van der Waals surface area contributed by atoms with Gasteiger partial charge in [-0.1, -0.05) is 61.4 Å². The molecule has 0 aromatic carbocycles. The van der Waals surface area contributed by atoms with Crippen molar-refractivity contribution in [1.29, 1.82) is 0 Å². The van der Waals surface area contributed by atoms with Crippen LogP contribution in [0.5, 0.6) is 0 Å². The SMILES string of the molecule is C=CC(F)(CCCCCC)C(C)(C)I. The van der Waals surface area contributed by atoms with Crippen LogP contribution in [0, 0.1) is 0 Å². The number of hydrogen-bond donors (Lipinski definition) is 0. The highest BCUT2D eigenvalue weighted by Gasteiger charge is 2.40. The smallest absolute Gasteiger partial charge is 0.142 e. The topological polar surface area (TPSA) is 0 Å². The molecular weight excluding hydrogens is 290 g/mol. The molecule has 0 nitrogen and oxygen atoms in total. The van der Waals surface area contributed by atoms with Crippen LogP contribution in [0.3, 0.4) is 0 Å². The summed E-state index contributed by atoms with van der Waals surface area (Å²) in [5, 5.41) is 0. The highest BCUT2D eigenvalue weighted by Crippen LogP contribution is 2.39. The second-order valence-electron chi connectivity index (χ2n) is 4.35. The van der Waals surface area contributed by atoms with Gasteiger partial charge >= 0.3 is 0 Å². The maximum atomic E-state index is 14.3. The van der Waals surface area contributed by atoms with Gasteiger partial charge in [-0.2, -0.15) is 0 Å². The molecule has 0 heterocycles. The van der Waals surface area contributed by atoms with E-state index in [0.29, 0.717) is 6.42 Å². The molecule has 0 N–H and O–H groups in total. The first-order valence-corrected chi connectivity index (χ1v) is 6.46. The lowest BCUT2D eigenvalue weighted by Gasteiger charge is -2.33. The third-order valence-electron chi connectivity index (χ3n) is 2.71. The maximum absolute atomic E-state index is 14.3. The van der Waals surface area contributed by atoms with Crippen LogP contribution >= 0.6 is 22.6 Å². The largest absolute Gasteiger partial charge is 0.238 e. The van der Waals surface area contributed by atoms with E-state index in [-0.39, 0.29) is 3.42 Å². The molecule has 0 aliphatic carbocycles. The molecule has 0 aromatic rings. The van der Waals surface area contributed by atoms with Crippen molar-refractivity contribution in [3.63, 3.8) is 0 Å². The van der Waals surface area contributed by atoms with Crippen LogP contribution < -0.4 is 0 Å². The summed E-state index contributed by atoms with van der Waals surface area (Å²) in [5.74, 6) is 0. The van der Waals surface area contributed by atoms with Gasteiger partial charge in [-0.3, -0.25) is 0 Å². The van der Waals surface area contributed by atoms with Gasteiger partial charge in [0.2, 0.25) is 0 Å². The summed E-state index contributed by atoms with van der Waals surface area (Å²) in [6.07, 6.45) is 6.57. The van der Waals surface area contributed by atoms with E-state index in [4.69, 9.17) is 0 Å². The monoisotopic (exact) mass is 312 g/mol. The second kappa shape index (κ2) is 6.09. The summed E-state index contributed by atoms with van der Waals surface area (Å²) < 4.78 is 14.0. The number of halogens is 2. The van der Waals surface area contributed by atoms with Crippen molar-refractivity contribution in [2.24, 2.45) is 0 Å². The standard InChI is InChI=1S/C12H22FI/c1-5-7-8-9-10-12(13,6-2)11(3,4)14/h6H,2,5,7-10H2,1,3-4H3. The molecule has 1 atom stereocenters. The van der Waals surface area contributed by atoms with Crippen molar-refractivity contribution in [3.8, 4) is 0 Å². The molecule has 14 heavy (non-hydrogen) atoms. The summed E-state index contributed by atoms with van der Waals surface area (Å²) in [7, 11) is 0. The van der Waals surface area contributed by atoms with Gasteiger partial charge < -0.3 is 0 Å². The molecule has 0 saturated carbocycles. The summed E-state index contributed by atoms with van der Waals surface area (Å²) in [4.78, 5) is 0. The van der Waals surface area contributed by atoms with Crippen LogP contribution in [0.4, 0.5) is 4.39 Å². The van der Waals surface area contributed by atoms with Gasteiger partial charge in [0.05, 0.1) is 3.42 Å². The zero-order valence-corrected chi connectivity index (χ0v) is 11.7. The minimum atomic E-state index is -1.22. The molecule has 0 spiro atoms. The van der Waals surface area contributed by atoms with Gasteiger partial charge in [0.1, 0.15) is 5.67 Å². The van der Waals surface area contributed by atoms with E-state index in [9.17, 15) is 4.39 Å². The molecule has 0 amide bonds. The molecule has 2 heteroatoms. The number of hydrogen-bond acceptors (Lipinski definition) is 0. The van der Waals surface area contributed by atoms with Crippen molar-refractivity contribution in [1.82, 2.24) is 0 Å². The maximum Gasteiger partial charge on any atom is 0.142 e. The molecular formula is C12H22FI. The van der Waals surface area contributed by atoms with E-state index in [2.05, 4.69) is 36.1 Å². The quantitative estimate of drug-likeness (QED) is 0.267. The molecule has 0 aromatic heterocycles. The summed E-state index contributed by atoms with van der Waals surface area (Å²) >= 11 is 2.17. The minimum absolute atomic E-state index is 0.362. The van der Waals surface area contributed by atoms with Crippen LogP contribution in [0.15, 0.2) is 12.7 Å². The van der Waals surface area contributed by atoms with Gasteiger partial charge in [-0.25, -0.2) is 4.39 Å². The fraction of sp³-hybridized carbons (Fsp3) is 0.833. The van der Waals surface area contributed by atoms with Crippen LogP contribution in [-0.2, 0) is 0 Å². The Morgan fingerprint density at radius 1 is 1.29 bits per heavy atom. The van der Waals surface area contributed by atoms with E-state index >= 15 is 0 Å². The average molecular weight is 312 g/mol. The Kier molecular flexibility index (Phi) is 6.26. The first-order valence-electron chi connectivity index (χ1n) is 5.39. The van der Waals surface area contributed by atoms with Gasteiger partial charge in [-0.15, -0.1) is 0 Å². The fourth-order valence-corrected chi connectivity index (χ4v) is 1.94. The molecule has 0 bridgehead atoms. The Bertz CT molecular complexity index is 172. The Balaban J connectivity index is 4.07. The summed E-state index contributed by atoms with van der Waals surface area (Å²) in [6.45, 7) is 9.63. The third-order valence-corrected chi connectivity index (χ3v) is 3.60. The van der Waals surface area contributed by atoms with E-state index in [1.165, 1.54) is 18.9 Å². The van der Waals surface area contributed by atoms with Crippen molar-refractivity contribution >= 4 is 22.6 Å². The molecule has 0 saturated heterocycles. The average Bonchev–Trinajstić information content (AvgIpc) is 2.10. The number of alkyl halides is 2. The van der Waals surface area contributed by atoms with Crippen LogP contribution in [0.1, 0.15) is 52.9 Å². The summed E-state index contributed by atoms with van der Waals surface area (Å²) in [5.41, 5.74) is -1.22. The number of unbranched alkanes of at least 4 members (excludes halogenated alkanes) is 3. The molecule has 1 unspecified atom stereocenters. The summed E-state index contributed by atoms with van der Waals surface area (Å²) in [6, 6.07) is 0. The lowest BCUT2D eigenvalue weighted by molar-refractivity contribution is 0.172. The predicted molar refractivity (Wildman–Crippen MR) is 70.9 cm³/mol. The number of rotatable bonds is 7. The lowest BCUT2D eigenvalue weighted by Crippen LogP contribution is -2.39. The van der Waals surface area contributed by atoms with E-state index < -0.39 is 5.67 Å². The van der Waals surface area contributed by atoms with Crippen molar-refractivity contribution in [2.45, 2.75) is 62.0 Å². The van der Waals surface area contributed by atoms with Crippen molar-refractivity contribution < 1.29 is 4.39 Å². The zero-order chi connectivity index (χ0) is 11.2. The lowest BCUT2D eigenvalue weighted by atomic mass is 9.87. The predicted octanol–water partition coefficient (Wildman–Crippen LogP) is 5.06. The van der Waals surface area contributed by atoms with Gasteiger partial charge in [-0.05, 0) is 26.7 Å². The zero-order valence-electron chi connectivity index (χ0n) is 9.58. The first-order chi connectivity index (χ1) is 6.37. The molecule has 84 valence electrons. The molecule has 0 radical (unpaired) electrons. The Morgan fingerprint density at radius 3 is 2.21 bits per heavy atom. The highest BCUT2D eigenvalue weighted by atomic mass is 127. The van der Waals surface area contributed by atoms with Gasteiger partial charge in [0.15, 0.2) is 0 Å². The second-order valence-corrected chi connectivity index (χ2v) is 7.05. The van der Waals surface area contributed by atoms with Crippen LogP contribution in [0.2, 0.25) is 0 Å². The van der Waals surface area contributed by atoms with Crippen LogP contribution in [0.25, 0.3) is 0 Å². The third kappa shape index (κ3) is 4.28. The minimum Gasteiger partial charge on any atom is -0.238 e. The molecule has 0 aliphatic rings. The Hall–Kier alpha value is 0.400. The van der Waals surface area contributed by atoms with Gasteiger partial charge in [0, 0.05) is 0 Å². The van der Waals surface area contributed by atoms with E-state index in [0.717, 1.165) is 12.8 Å². The molecule has 0 aliphatic heterocycles. The van der Waals surface area contributed by atoms with Crippen molar-refractivity contribution in [3.05, 3.63) is 12.7 Å². The molecule has 0 rings (SSSR count). The Labute approximate surface area is 101 Å². The Morgan fingerprint density at radius 2 is 1.86 bits per heavy atom. The van der Waals surface area contributed by atoms with Gasteiger partial charge in [0.25, 0.3) is 0 Å². The molecule has 0 fully saturated rings. The fourth-order valence-electron chi connectivity index (χ4n) is 1.45. The normalized spacial score (nSPS) is 16.4. The van der Waals surface area contributed by atoms with Crippen LogP contribution in [-0.4, -0.2) is 9.09 Å². The number of allylic oxidation sites excluding steroid dienone is 1. The van der Waals surface area contributed by atoms with Crippen molar-refractivity contribution in [2.75, 3.05) is 0 Å². The highest BCUT2D eigenvalue weighted by molar-refractivity contribution is 14.1.